The first-order valence-corrected chi connectivity index (χ1v) is 6.65. The van der Waals surface area contributed by atoms with Crippen LogP contribution < -0.4 is 0 Å². The van der Waals surface area contributed by atoms with E-state index in [4.69, 9.17) is 11.6 Å². The Morgan fingerprint density at radius 2 is 2.00 bits per heavy atom. The first kappa shape index (κ1) is 14.9. The SMILES string of the molecule is O=C(CCl)c1csc(-c2cc(F)cc(C(F)(F)F)c2)n1. The maximum absolute atomic E-state index is 13.3. The van der Waals surface area contributed by atoms with Crippen molar-refractivity contribution in [2.24, 2.45) is 0 Å². The number of halogens is 5. The first-order valence-electron chi connectivity index (χ1n) is 5.24. The van der Waals surface area contributed by atoms with E-state index in [1.54, 1.807) is 0 Å². The number of thiazole rings is 1. The summed E-state index contributed by atoms with van der Waals surface area (Å²) in [5.74, 6) is -1.74. The lowest BCUT2D eigenvalue weighted by atomic mass is 10.1. The molecule has 0 spiro atoms. The molecule has 0 saturated carbocycles. The van der Waals surface area contributed by atoms with Gasteiger partial charge in [0.15, 0.2) is 5.78 Å². The van der Waals surface area contributed by atoms with E-state index in [1.165, 1.54) is 5.38 Å². The molecule has 1 aromatic heterocycles. The monoisotopic (exact) mass is 323 g/mol. The summed E-state index contributed by atoms with van der Waals surface area (Å²) in [5, 5.41) is 1.50. The van der Waals surface area contributed by atoms with Crippen LogP contribution in [-0.4, -0.2) is 16.6 Å². The van der Waals surface area contributed by atoms with Crippen LogP contribution >= 0.6 is 22.9 Å². The van der Waals surface area contributed by atoms with E-state index in [2.05, 4.69) is 4.98 Å². The van der Waals surface area contributed by atoms with Gasteiger partial charge in [-0.1, -0.05) is 0 Å². The number of hydrogen-bond donors (Lipinski definition) is 0. The molecule has 0 aliphatic carbocycles. The largest absolute Gasteiger partial charge is 0.416 e. The van der Waals surface area contributed by atoms with E-state index in [1.807, 2.05) is 0 Å². The van der Waals surface area contributed by atoms with Crippen molar-refractivity contribution < 1.29 is 22.4 Å². The van der Waals surface area contributed by atoms with Crippen LogP contribution in [0.25, 0.3) is 10.6 Å². The van der Waals surface area contributed by atoms with Crippen LogP contribution in [-0.2, 0) is 6.18 Å². The van der Waals surface area contributed by atoms with Crippen molar-refractivity contribution >= 4 is 28.7 Å². The molecule has 0 saturated heterocycles. The summed E-state index contributed by atoms with van der Waals surface area (Å²) >= 11 is 6.31. The molecule has 2 aromatic rings. The minimum absolute atomic E-state index is 0.0315. The van der Waals surface area contributed by atoms with E-state index < -0.39 is 23.3 Å². The molecule has 0 unspecified atom stereocenters. The van der Waals surface area contributed by atoms with Crippen LogP contribution in [0.2, 0.25) is 0 Å². The van der Waals surface area contributed by atoms with Crippen molar-refractivity contribution in [3.63, 3.8) is 0 Å². The first-order chi connectivity index (χ1) is 9.31. The van der Waals surface area contributed by atoms with Crippen LogP contribution in [0.4, 0.5) is 17.6 Å². The number of benzene rings is 1. The van der Waals surface area contributed by atoms with Gasteiger partial charge in [-0.15, -0.1) is 22.9 Å². The van der Waals surface area contributed by atoms with Crippen LogP contribution in [0.5, 0.6) is 0 Å². The normalized spacial score (nSPS) is 11.7. The van der Waals surface area contributed by atoms with Crippen LogP contribution in [0.15, 0.2) is 23.6 Å². The molecule has 2 rings (SSSR count). The van der Waals surface area contributed by atoms with Gasteiger partial charge >= 0.3 is 6.18 Å². The third-order valence-electron chi connectivity index (χ3n) is 2.38. The van der Waals surface area contributed by atoms with E-state index in [0.29, 0.717) is 6.07 Å². The fourth-order valence-corrected chi connectivity index (χ4v) is 2.43. The lowest BCUT2D eigenvalue weighted by Crippen LogP contribution is -2.05. The second kappa shape index (κ2) is 5.49. The average molecular weight is 324 g/mol. The van der Waals surface area contributed by atoms with Crippen molar-refractivity contribution in [3.05, 3.63) is 40.7 Å². The van der Waals surface area contributed by atoms with Gasteiger partial charge in [-0.3, -0.25) is 4.79 Å². The highest BCUT2D eigenvalue weighted by atomic mass is 35.5. The van der Waals surface area contributed by atoms with Gasteiger partial charge in [0.25, 0.3) is 0 Å². The van der Waals surface area contributed by atoms with E-state index in [9.17, 15) is 22.4 Å². The molecule has 0 fully saturated rings. The smallest absolute Gasteiger partial charge is 0.291 e. The molecule has 0 N–H and O–H groups in total. The number of Topliss-reactive ketones (excluding diaryl/α,β-unsaturated/α-hetero) is 1. The lowest BCUT2D eigenvalue weighted by Gasteiger charge is -2.08. The predicted octanol–water partition coefficient (Wildman–Crippen LogP) is 4.39. The van der Waals surface area contributed by atoms with Crippen LogP contribution in [0.1, 0.15) is 16.1 Å². The van der Waals surface area contributed by atoms with Crippen molar-refractivity contribution in [1.29, 1.82) is 0 Å². The van der Waals surface area contributed by atoms with Gasteiger partial charge in [0.2, 0.25) is 0 Å². The topological polar surface area (TPSA) is 30.0 Å². The highest BCUT2D eigenvalue weighted by molar-refractivity contribution is 7.13. The number of nitrogens with zero attached hydrogens (tertiary/aromatic N) is 1. The molecule has 106 valence electrons. The summed E-state index contributed by atoms with van der Waals surface area (Å²) < 4.78 is 51.1. The Kier molecular flexibility index (Phi) is 4.10. The minimum Gasteiger partial charge on any atom is -0.291 e. The zero-order valence-electron chi connectivity index (χ0n) is 9.67. The molecule has 0 amide bonds. The zero-order chi connectivity index (χ0) is 14.9. The number of carbonyl (C=O) groups excluding carboxylic acids is 1. The lowest BCUT2D eigenvalue weighted by molar-refractivity contribution is -0.137. The number of carbonyl (C=O) groups is 1. The molecule has 0 aliphatic heterocycles. The van der Waals surface area contributed by atoms with E-state index >= 15 is 0 Å². The molecule has 1 aromatic carbocycles. The van der Waals surface area contributed by atoms with Crippen molar-refractivity contribution in [1.82, 2.24) is 4.98 Å². The van der Waals surface area contributed by atoms with Gasteiger partial charge in [-0.2, -0.15) is 13.2 Å². The van der Waals surface area contributed by atoms with Crippen LogP contribution in [0, 0.1) is 5.82 Å². The molecule has 20 heavy (non-hydrogen) atoms. The van der Waals surface area contributed by atoms with Gasteiger partial charge in [0.05, 0.1) is 11.4 Å². The summed E-state index contributed by atoms with van der Waals surface area (Å²) in [6.07, 6.45) is -4.65. The van der Waals surface area contributed by atoms with Gasteiger partial charge in [0.1, 0.15) is 16.5 Å². The summed E-state index contributed by atoms with van der Waals surface area (Å²) in [6, 6.07) is 2.13. The molecule has 0 atom stereocenters. The maximum Gasteiger partial charge on any atom is 0.416 e. The summed E-state index contributed by atoms with van der Waals surface area (Å²) in [5.41, 5.74) is -1.08. The average Bonchev–Trinajstić information content (AvgIpc) is 2.85. The third-order valence-corrected chi connectivity index (χ3v) is 3.52. The van der Waals surface area contributed by atoms with Crippen molar-refractivity contribution in [2.45, 2.75) is 6.18 Å². The summed E-state index contributed by atoms with van der Waals surface area (Å²) in [4.78, 5) is 15.2. The van der Waals surface area contributed by atoms with E-state index in [-0.39, 0.29) is 22.1 Å². The molecule has 0 aliphatic rings. The molecule has 1 heterocycles. The zero-order valence-corrected chi connectivity index (χ0v) is 11.2. The molecule has 8 heteroatoms. The van der Waals surface area contributed by atoms with Crippen molar-refractivity contribution in [2.75, 3.05) is 5.88 Å². The number of rotatable bonds is 3. The van der Waals surface area contributed by atoms with Crippen molar-refractivity contribution in [3.8, 4) is 10.6 Å². The number of hydrogen-bond acceptors (Lipinski definition) is 3. The molecule has 0 bridgehead atoms. The van der Waals surface area contributed by atoms with Gasteiger partial charge < -0.3 is 0 Å². The standard InChI is InChI=1S/C12H6ClF4NOS/c13-4-10(19)9-5-20-11(18-9)6-1-7(12(15,16)17)3-8(14)2-6/h1-3,5H,4H2. The Labute approximate surface area is 120 Å². The van der Waals surface area contributed by atoms with Crippen LogP contribution in [0.3, 0.4) is 0 Å². The Morgan fingerprint density at radius 1 is 1.30 bits per heavy atom. The fourth-order valence-electron chi connectivity index (χ4n) is 1.48. The molecule has 0 radical (unpaired) electrons. The molecular weight excluding hydrogens is 318 g/mol. The number of aromatic nitrogens is 1. The van der Waals surface area contributed by atoms with Gasteiger partial charge in [-0.25, -0.2) is 9.37 Å². The quantitative estimate of drug-likeness (QED) is 0.476. The predicted molar refractivity (Wildman–Crippen MR) is 67.6 cm³/mol. The second-order valence-corrected chi connectivity index (χ2v) is 4.95. The minimum atomic E-state index is -4.65. The molecule has 2 nitrogen and oxygen atoms in total. The van der Waals surface area contributed by atoms with Gasteiger partial charge in [0, 0.05) is 10.9 Å². The Hall–Kier alpha value is -1.47. The maximum atomic E-state index is 13.3. The number of alkyl halides is 4. The number of ketones is 1. The highest BCUT2D eigenvalue weighted by Crippen LogP contribution is 2.34. The Morgan fingerprint density at radius 3 is 2.60 bits per heavy atom. The third kappa shape index (κ3) is 3.16. The highest BCUT2D eigenvalue weighted by Gasteiger charge is 2.31. The summed E-state index contributed by atoms with van der Waals surface area (Å²) in [7, 11) is 0. The van der Waals surface area contributed by atoms with E-state index in [0.717, 1.165) is 23.5 Å². The fraction of sp³-hybridized carbons (Fsp3) is 0.167. The Balaban J connectivity index is 2.45. The van der Waals surface area contributed by atoms with Gasteiger partial charge in [-0.05, 0) is 18.2 Å². The summed E-state index contributed by atoms with van der Waals surface area (Å²) in [6.45, 7) is 0. The molecular formula is C12H6ClF4NOS. The Bertz CT molecular complexity index is 653. The second-order valence-electron chi connectivity index (χ2n) is 3.82.